The van der Waals surface area contributed by atoms with Crippen LogP contribution in [0.15, 0.2) is 15.7 Å². The Bertz CT molecular complexity index is 1040. The second kappa shape index (κ2) is 5.82. The second-order valence-electron chi connectivity index (χ2n) is 8.15. The van der Waals surface area contributed by atoms with Gasteiger partial charge < -0.3 is 16.1 Å². The molecule has 2 saturated heterocycles. The average molecular weight is 373 g/mol. The van der Waals surface area contributed by atoms with Crippen LogP contribution in [0.2, 0.25) is 0 Å². The minimum Gasteiger partial charge on any atom is -0.367 e. The molecule has 1 aromatic carbocycles. The number of aryl methyl sites for hydroxylation is 1. The first-order chi connectivity index (χ1) is 13.0. The summed E-state index contributed by atoms with van der Waals surface area (Å²) < 4.78 is 17.3. The molecule has 144 valence electrons. The molecule has 3 aliphatic rings. The molecule has 0 spiro atoms. The molecule has 1 aromatic heterocycles. The smallest absolute Gasteiger partial charge is 0.350 e. The van der Waals surface area contributed by atoms with Crippen molar-refractivity contribution in [2.24, 2.45) is 5.92 Å². The largest absolute Gasteiger partial charge is 0.367 e. The third kappa shape index (κ3) is 2.42. The summed E-state index contributed by atoms with van der Waals surface area (Å²) in [4.78, 5) is 27.2. The van der Waals surface area contributed by atoms with Crippen molar-refractivity contribution in [3.05, 3.63) is 38.3 Å². The maximum Gasteiger partial charge on any atom is 0.350 e. The summed E-state index contributed by atoms with van der Waals surface area (Å²) in [6.45, 7) is 4.36. The normalized spacial score (nSPS) is 25.2. The van der Waals surface area contributed by atoms with Gasteiger partial charge in [0.2, 0.25) is 0 Å². The maximum absolute atomic E-state index is 15.1. The number of rotatable bonds is 2. The number of halogens is 1. The predicted molar refractivity (Wildman–Crippen MR) is 102 cm³/mol. The van der Waals surface area contributed by atoms with Gasteiger partial charge in [0, 0.05) is 30.7 Å². The lowest BCUT2D eigenvalue weighted by Gasteiger charge is -2.24. The van der Waals surface area contributed by atoms with Crippen LogP contribution in [0.5, 0.6) is 0 Å². The van der Waals surface area contributed by atoms with Crippen molar-refractivity contribution in [1.82, 2.24) is 14.6 Å². The van der Waals surface area contributed by atoms with Crippen LogP contribution in [0.3, 0.4) is 0 Å². The van der Waals surface area contributed by atoms with E-state index in [2.05, 4.69) is 10.2 Å². The van der Waals surface area contributed by atoms with E-state index >= 15 is 4.39 Å². The first-order valence-electron chi connectivity index (χ1n) is 9.71. The third-order valence-electron chi connectivity index (χ3n) is 6.39. The van der Waals surface area contributed by atoms with E-state index in [9.17, 15) is 9.59 Å². The number of hydrogen-bond donors (Lipinski definition) is 2. The molecular formula is C19H24FN5O2. The van der Waals surface area contributed by atoms with Gasteiger partial charge >= 0.3 is 5.69 Å². The Balaban J connectivity index is 1.73. The van der Waals surface area contributed by atoms with Crippen LogP contribution in [0.25, 0.3) is 10.9 Å². The van der Waals surface area contributed by atoms with Gasteiger partial charge in [0.05, 0.1) is 16.6 Å². The number of fused-ring (bicyclic) bond motifs is 2. The number of nitrogens with zero attached hydrogens (tertiary/aromatic N) is 3. The lowest BCUT2D eigenvalue weighted by molar-refractivity contribution is 0.340. The fraction of sp³-hybridized carbons (Fsp3) is 0.579. The number of nitrogen functional groups attached to an aromatic ring is 1. The molecule has 2 atom stereocenters. The summed E-state index contributed by atoms with van der Waals surface area (Å²) in [7, 11) is 0. The molecule has 3 heterocycles. The lowest BCUT2D eigenvalue weighted by atomic mass is 9.94. The van der Waals surface area contributed by atoms with Gasteiger partial charge in [-0.25, -0.2) is 9.18 Å². The van der Waals surface area contributed by atoms with E-state index in [0.29, 0.717) is 33.4 Å². The molecule has 3 N–H and O–H groups in total. The Labute approximate surface area is 155 Å². The second-order valence-corrected chi connectivity index (χ2v) is 8.15. The highest BCUT2D eigenvalue weighted by molar-refractivity contribution is 5.87. The summed E-state index contributed by atoms with van der Waals surface area (Å²) >= 11 is 0. The summed E-state index contributed by atoms with van der Waals surface area (Å²) in [6, 6.07) is 1.67. The molecule has 0 bridgehead atoms. The number of nitrogens with two attached hydrogens (primary N) is 1. The van der Waals surface area contributed by atoms with Gasteiger partial charge in [0.25, 0.3) is 5.56 Å². The van der Waals surface area contributed by atoms with Crippen molar-refractivity contribution in [2.45, 2.75) is 44.7 Å². The number of hydrogen-bond acceptors (Lipinski definition) is 5. The van der Waals surface area contributed by atoms with E-state index in [1.807, 2.05) is 6.92 Å². The third-order valence-corrected chi connectivity index (χ3v) is 6.39. The highest BCUT2D eigenvalue weighted by Crippen LogP contribution is 2.39. The standard InChI is InChI=1S/C19H24FN5O2/c1-10-16-13(18(26)25(21)19(27)24(16)12-4-5-12)7-14(20)17(10)23-8-11-3-2-6-22-15(11)9-23/h7,11-12,15,22H,2-6,8-9,21H2,1H3. The SMILES string of the molecule is Cc1c(N2CC3CCCNC3C2)c(F)cc2c(=O)n(N)c(=O)n(C3CC3)c12. The van der Waals surface area contributed by atoms with Gasteiger partial charge in [-0.15, -0.1) is 0 Å². The van der Waals surface area contributed by atoms with E-state index in [0.717, 1.165) is 45.3 Å². The monoisotopic (exact) mass is 373 g/mol. The van der Waals surface area contributed by atoms with Crippen LogP contribution in [-0.4, -0.2) is 34.9 Å². The highest BCUT2D eigenvalue weighted by Gasteiger charge is 2.37. The molecule has 2 aliphatic heterocycles. The van der Waals surface area contributed by atoms with Crippen molar-refractivity contribution >= 4 is 16.6 Å². The van der Waals surface area contributed by atoms with Crippen molar-refractivity contribution in [3.8, 4) is 0 Å². The van der Waals surface area contributed by atoms with Crippen LogP contribution in [-0.2, 0) is 0 Å². The summed E-state index contributed by atoms with van der Waals surface area (Å²) in [5, 5.41) is 3.71. The maximum atomic E-state index is 15.1. The van der Waals surface area contributed by atoms with E-state index < -0.39 is 17.1 Å². The zero-order valence-electron chi connectivity index (χ0n) is 15.4. The molecule has 0 amide bonds. The van der Waals surface area contributed by atoms with E-state index in [1.165, 1.54) is 6.07 Å². The Hall–Kier alpha value is -2.35. The number of anilines is 1. The Morgan fingerprint density at radius 2 is 2.00 bits per heavy atom. The van der Waals surface area contributed by atoms with Crippen molar-refractivity contribution in [1.29, 1.82) is 0 Å². The quantitative estimate of drug-likeness (QED) is 0.763. The highest BCUT2D eigenvalue weighted by atomic mass is 19.1. The fourth-order valence-electron chi connectivity index (χ4n) is 4.95. The minimum absolute atomic E-state index is 0.0373. The van der Waals surface area contributed by atoms with E-state index in [1.54, 1.807) is 4.57 Å². The molecule has 1 aliphatic carbocycles. The molecule has 1 saturated carbocycles. The summed E-state index contributed by atoms with van der Waals surface area (Å²) in [5.41, 5.74) is 0.546. The topological polar surface area (TPSA) is 85.3 Å². The van der Waals surface area contributed by atoms with Crippen LogP contribution >= 0.6 is 0 Å². The zero-order chi connectivity index (χ0) is 18.9. The van der Waals surface area contributed by atoms with E-state index in [-0.39, 0.29) is 11.4 Å². The Morgan fingerprint density at radius 3 is 2.70 bits per heavy atom. The van der Waals surface area contributed by atoms with Crippen LogP contribution in [0.4, 0.5) is 10.1 Å². The molecule has 5 rings (SSSR count). The lowest BCUT2D eigenvalue weighted by Crippen LogP contribution is -2.44. The van der Waals surface area contributed by atoms with Gasteiger partial charge in [-0.1, -0.05) is 0 Å². The van der Waals surface area contributed by atoms with Gasteiger partial charge in [0.15, 0.2) is 0 Å². The summed E-state index contributed by atoms with van der Waals surface area (Å²) in [5.74, 6) is 5.77. The van der Waals surface area contributed by atoms with Gasteiger partial charge in [-0.3, -0.25) is 9.36 Å². The minimum atomic E-state index is -0.641. The van der Waals surface area contributed by atoms with Gasteiger partial charge in [-0.05, 0) is 51.1 Å². The van der Waals surface area contributed by atoms with Crippen LogP contribution < -0.4 is 27.3 Å². The van der Waals surface area contributed by atoms with Crippen molar-refractivity contribution < 1.29 is 4.39 Å². The summed E-state index contributed by atoms with van der Waals surface area (Å²) in [6.07, 6.45) is 4.03. The average Bonchev–Trinajstić information content (AvgIpc) is 3.39. The molecule has 0 radical (unpaired) electrons. The Kier molecular flexibility index (Phi) is 3.62. The first-order valence-corrected chi connectivity index (χ1v) is 9.71. The molecule has 8 heteroatoms. The van der Waals surface area contributed by atoms with Crippen molar-refractivity contribution in [3.63, 3.8) is 0 Å². The molecule has 2 unspecified atom stereocenters. The molecule has 2 aromatic rings. The number of benzene rings is 1. The van der Waals surface area contributed by atoms with E-state index in [4.69, 9.17) is 5.84 Å². The Morgan fingerprint density at radius 1 is 1.22 bits per heavy atom. The van der Waals surface area contributed by atoms with Crippen molar-refractivity contribution in [2.75, 3.05) is 30.4 Å². The van der Waals surface area contributed by atoms with Gasteiger partial charge in [-0.2, -0.15) is 4.68 Å². The fourth-order valence-corrected chi connectivity index (χ4v) is 4.95. The van der Waals surface area contributed by atoms with Crippen LogP contribution in [0.1, 0.15) is 37.3 Å². The number of nitrogens with one attached hydrogen (secondary N) is 1. The number of aromatic nitrogens is 2. The zero-order valence-corrected chi connectivity index (χ0v) is 15.4. The van der Waals surface area contributed by atoms with Gasteiger partial charge in [0.1, 0.15) is 5.82 Å². The predicted octanol–water partition coefficient (Wildman–Crippen LogP) is 0.848. The molecule has 3 fully saturated rings. The number of piperidine rings is 1. The molecular weight excluding hydrogens is 349 g/mol. The molecule has 27 heavy (non-hydrogen) atoms. The first kappa shape index (κ1) is 16.8. The van der Waals surface area contributed by atoms with Crippen LogP contribution in [0, 0.1) is 18.7 Å². The molecule has 7 nitrogen and oxygen atoms in total.